The van der Waals surface area contributed by atoms with Gasteiger partial charge in [0.1, 0.15) is 18.8 Å². The van der Waals surface area contributed by atoms with E-state index in [1.54, 1.807) is 13.0 Å². The molecular formula is C24H23NO5S. The highest BCUT2D eigenvalue weighted by Crippen LogP contribution is 2.44. The summed E-state index contributed by atoms with van der Waals surface area (Å²) in [5.41, 5.74) is 5.25. The number of aldehydes is 1. The Bertz CT molecular complexity index is 1060. The van der Waals surface area contributed by atoms with Crippen molar-refractivity contribution in [2.75, 3.05) is 13.2 Å². The van der Waals surface area contributed by atoms with E-state index in [-0.39, 0.29) is 19.1 Å². The van der Waals surface area contributed by atoms with Gasteiger partial charge in [0.05, 0.1) is 4.88 Å². The van der Waals surface area contributed by atoms with Gasteiger partial charge in [-0.15, -0.1) is 11.3 Å². The van der Waals surface area contributed by atoms with Gasteiger partial charge in [-0.3, -0.25) is 4.79 Å². The summed E-state index contributed by atoms with van der Waals surface area (Å²) in [5, 5.41) is 23.1. The average molecular weight is 438 g/mol. The predicted octanol–water partition coefficient (Wildman–Crippen LogP) is 3.80. The van der Waals surface area contributed by atoms with Gasteiger partial charge in [0.2, 0.25) is 0 Å². The molecule has 1 aromatic heterocycles. The van der Waals surface area contributed by atoms with Crippen LogP contribution in [0, 0.1) is 6.92 Å². The van der Waals surface area contributed by atoms with E-state index in [4.69, 9.17) is 4.74 Å². The second-order valence-corrected chi connectivity index (χ2v) is 8.65. The topological polar surface area (TPSA) is 95.9 Å². The van der Waals surface area contributed by atoms with Gasteiger partial charge in [0.15, 0.2) is 6.29 Å². The van der Waals surface area contributed by atoms with Gasteiger partial charge in [-0.2, -0.15) is 0 Å². The number of hydrogen-bond donors (Lipinski definition) is 3. The lowest BCUT2D eigenvalue weighted by Crippen LogP contribution is -2.36. The summed E-state index contributed by atoms with van der Waals surface area (Å²) in [6.45, 7) is 1.75. The Hall–Kier alpha value is -3.00. The van der Waals surface area contributed by atoms with E-state index in [1.807, 2.05) is 36.4 Å². The molecule has 2 aromatic carbocycles. The highest BCUT2D eigenvalue weighted by Gasteiger charge is 2.29. The number of thiophene rings is 1. The van der Waals surface area contributed by atoms with Crippen LogP contribution in [0.1, 0.15) is 43.3 Å². The molecule has 160 valence electrons. The third kappa shape index (κ3) is 4.25. The van der Waals surface area contributed by atoms with E-state index in [0.717, 1.165) is 39.2 Å². The summed E-state index contributed by atoms with van der Waals surface area (Å²) in [5.74, 6) is -0.0517. The van der Waals surface area contributed by atoms with Gasteiger partial charge in [0.25, 0.3) is 0 Å². The Morgan fingerprint density at radius 3 is 2.32 bits per heavy atom. The van der Waals surface area contributed by atoms with Crippen LogP contribution in [0.2, 0.25) is 0 Å². The molecule has 1 aliphatic rings. The van der Waals surface area contributed by atoms with Gasteiger partial charge < -0.3 is 20.3 Å². The third-order valence-electron chi connectivity index (χ3n) is 5.52. The molecule has 7 heteroatoms. The number of aliphatic hydroxyl groups is 2. The van der Waals surface area contributed by atoms with Crippen molar-refractivity contribution in [3.63, 3.8) is 0 Å². The van der Waals surface area contributed by atoms with Crippen molar-refractivity contribution >= 4 is 23.7 Å². The lowest BCUT2D eigenvalue weighted by molar-refractivity contribution is 0.0203. The second-order valence-electron chi connectivity index (χ2n) is 7.53. The number of carbonyl (C=O) groups excluding carboxylic acids is 2. The summed E-state index contributed by atoms with van der Waals surface area (Å²) in [6, 6.07) is 17.8. The Kier molecular flexibility index (Phi) is 6.18. The fraction of sp³-hybridized carbons (Fsp3) is 0.250. The number of aryl methyl sites for hydroxylation is 1. The maximum atomic E-state index is 12.2. The van der Waals surface area contributed by atoms with Gasteiger partial charge in [0, 0.05) is 17.3 Å². The zero-order valence-corrected chi connectivity index (χ0v) is 17.8. The fourth-order valence-corrected chi connectivity index (χ4v) is 5.03. The normalized spacial score (nSPS) is 14.4. The summed E-state index contributed by atoms with van der Waals surface area (Å²) in [4.78, 5) is 24.1. The van der Waals surface area contributed by atoms with Crippen molar-refractivity contribution in [1.29, 1.82) is 0 Å². The van der Waals surface area contributed by atoms with Gasteiger partial charge in [-0.25, -0.2) is 4.79 Å². The number of rotatable bonds is 7. The first-order valence-electron chi connectivity index (χ1n) is 10.00. The number of ether oxygens (including phenoxy) is 1. The molecule has 0 bridgehead atoms. The molecule has 3 aromatic rings. The minimum atomic E-state index is -1.22. The molecule has 31 heavy (non-hydrogen) atoms. The Morgan fingerprint density at radius 2 is 1.74 bits per heavy atom. The molecule has 3 N–H and O–H groups in total. The Morgan fingerprint density at radius 1 is 1.13 bits per heavy atom. The van der Waals surface area contributed by atoms with Crippen LogP contribution in [0.5, 0.6) is 0 Å². The van der Waals surface area contributed by atoms with E-state index < -0.39 is 18.3 Å². The number of benzene rings is 2. The zero-order chi connectivity index (χ0) is 22.0. The minimum Gasteiger partial charge on any atom is -0.449 e. The minimum absolute atomic E-state index is 0.0517. The molecule has 1 aliphatic carbocycles. The standard InChI is InChI=1S/C24H23NO5S/c1-14-10-15(12-26)31-23(14)22(28)21(27)11-25-24(29)30-13-20-18-8-4-2-6-16(18)17-7-3-5-9-19(17)20/h2-10,12,20-22,27-28H,11,13H2,1H3,(H,25,29). The van der Waals surface area contributed by atoms with Crippen LogP contribution in [0.25, 0.3) is 11.1 Å². The van der Waals surface area contributed by atoms with E-state index >= 15 is 0 Å². The molecule has 2 atom stereocenters. The Labute approximate surface area is 184 Å². The number of fused-ring (bicyclic) bond motifs is 3. The van der Waals surface area contributed by atoms with Crippen molar-refractivity contribution < 1.29 is 24.5 Å². The number of aliphatic hydroxyl groups excluding tert-OH is 2. The maximum Gasteiger partial charge on any atom is 0.407 e. The van der Waals surface area contributed by atoms with E-state index in [0.29, 0.717) is 16.0 Å². The molecule has 0 aliphatic heterocycles. The number of nitrogens with one attached hydrogen (secondary N) is 1. The average Bonchev–Trinajstić information content (AvgIpc) is 3.33. The van der Waals surface area contributed by atoms with Gasteiger partial charge >= 0.3 is 6.09 Å². The predicted molar refractivity (Wildman–Crippen MR) is 118 cm³/mol. The van der Waals surface area contributed by atoms with Crippen LogP contribution in [-0.4, -0.2) is 41.8 Å². The van der Waals surface area contributed by atoms with Crippen LogP contribution in [0.15, 0.2) is 54.6 Å². The van der Waals surface area contributed by atoms with Crippen LogP contribution < -0.4 is 5.32 Å². The molecule has 6 nitrogen and oxygen atoms in total. The molecule has 0 spiro atoms. The summed E-state index contributed by atoms with van der Waals surface area (Å²) >= 11 is 1.12. The first kappa shape index (κ1) is 21.2. The van der Waals surface area contributed by atoms with Gasteiger partial charge in [-0.1, -0.05) is 48.5 Å². The van der Waals surface area contributed by atoms with E-state index in [9.17, 15) is 19.8 Å². The first-order valence-corrected chi connectivity index (χ1v) is 10.8. The van der Waals surface area contributed by atoms with E-state index in [2.05, 4.69) is 17.4 Å². The molecule has 1 heterocycles. The smallest absolute Gasteiger partial charge is 0.407 e. The number of amides is 1. The van der Waals surface area contributed by atoms with Crippen molar-refractivity contribution in [2.24, 2.45) is 0 Å². The highest BCUT2D eigenvalue weighted by atomic mass is 32.1. The zero-order valence-electron chi connectivity index (χ0n) is 16.9. The molecule has 0 fully saturated rings. The largest absolute Gasteiger partial charge is 0.449 e. The first-order chi connectivity index (χ1) is 15.0. The number of hydrogen-bond acceptors (Lipinski definition) is 6. The summed E-state index contributed by atoms with van der Waals surface area (Å²) in [6.07, 6.45) is -2.38. The quantitative estimate of drug-likeness (QED) is 0.489. The fourth-order valence-electron chi connectivity index (χ4n) is 4.00. The lowest BCUT2D eigenvalue weighted by Gasteiger charge is -2.19. The summed E-state index contributed by atoms with van der Waals surface area (Å²) < 4.78 is 5.43. The molecule has 0 saturated carbocycles. The molecule has 1 amide bonds. The van der Waals surface area contributed by atoms with Crippen molar-refractivity contribution in [3.05, 3.63) is 81.0 Å². The molecule has 0 radical (unpaired) electrons. The summed E-state index contributed by atoms with van der Waals surface area (Å²) in [7, 11) is 0. The highest BCUT2D eigenvalue weighted by molar-refractivity contribution is 7.13. The van der Waals surface area contributed by atoms with Crippen LogP contribution in [0.4, 0.5) is 4.79 Å². The monoisotopic (exact) mass is 437 g/mol. The van der Waals surface area contributed by atoms with Crippen LogP contribution >= 0.6 is 11.3 Å². The molecular weight excluding hydrogens is 414 g/mol. The van der Waals surface area contributed by atoms with Crippen LogP contribution in [0.3, 0.4) is 0 Å². The van der Waals surface area contributed by atoms with Crippen molar-refractivity contribution in [1.82, 2.24) is 5.32 Å². The lowest BCUT2D eigenvalue weighted by atomic mass is 9.98. The van der Waals surface area contributed by atoms with Crippen molar-refractivity contribution in [2.45, 2.75) is 25.0 Å². The molecule has 2 unspecified atom stereocenters. The van der Waals surface area contributed by atoms with Gasteiger partial charge in [-0.05, 0) is 40.8 Å². The molecule has 0 saturated heterocycles. The second kappa shape index (κ2) is 9.01. The SMILES string of the molecule is Cc1cc(C=O)sc1C(O)C(O)CNC(=O)OCC1c2ccccc2-c2ccccc21. The number of alkyl carbamates (subject to hydrolysis) is 1. The number of carbonyl (C=O) groups is 2. The molecule has 4 rings (SSSR count). The maximum absolute atomic E-state index is 12.2. The van der Waals surface area contributed by atoms with Crippen LogP contribution in [-0.2, 0) is 4.74 Å². The third-order valence-corrected chi connectivity index (χ3v) is 6.76. The Balaban J connectivity index is 1.34. The van der Waals surface area contributed by atoms with E-state index in [1.165, 1.54) is 0 Å². The van der Waals surface area contributed by atoms with Crippen molar-refractivity contribution in [3.8, 4) is 11.1 Å².